The molecule has 0 unspecified atom stereocenters. The number of piperidine rings is 1. The van der Waals surface area contributed by atoms with E-state index in [1.54, 1.807) is 24.4 Å². The van der Waals surface area contributed by atoms with Crippen LogP contribution < -0.4 is 0 Å². The monoisotopic (exact) mass is 378 g/mol. The van der Waals surface area contributed by atoms with Crippen LogP contribution in [0, 0.1) is 12.7 Å². The number of aromatic nitrogens is 3. The number of rotatable bonds is 4. The molecule has 3 aromatic rings. The van der Waals surface area contributed by atoms with Crippen LogP contribution in [0.25, 0.3) is 11.1 Å². The standard InChI is InChI=1S/C22H23FN4O/c1-15-13-24-10-9-17(15)18-14-25-26-22(18)20-8-4-5-11-27(20)21(28)12-16-6-2-3-7-19(16)23/h2-3,6-7,9-10,13-14,20H,4-5,8,11-12H2,1H3,(H,25,26)/t20-/m1/s1. The van der Waals surface area contributed by atoms with E-state index in [9.17, 15) is 9.18 Å². The van der Waals surface area contributed by atoms with E-state index in [1.165, 1.54) is 6.07 Å². The largest absolute Gasteiger partial charge is 0.334 e. The molecule has 0 bridgehead atoms. The zero-order valence-corrected chi connectivity index (χ0v) is 15.9. The summed E-state index contributed by atoms with van der Waals surface area (Å²) in [5.41, 5.74) is 4.49. The summed E-state index contributed by atoms with van der Waals surface area (Å²) in [5.74, 6) is -0.388. The van der Waals surface area contributed by atoms with E-state index in [0.717, 1.165) is 41.6 Å². The minimum absolute atomic E-state index is 0.0539. The molecule has 6 heteroatoms. The van der Waals surface area contributed by atoms with E-state index < -0.39 is 0 Å². The van der Waals surface area contributed by atoms with Crippen molar-refractivity contribution in [1.29, 1.82) is 0 Å². The average molecular weight is 378 g/mol. The number of carbonyl (C=O) groups is 1. The van der Waals surface area contributed by atoms with Gasteiger partial charge in [0.2, 0.25) is 5.91 Å². The number of nitrogens with zero attached hydrogens (tertiary/aromatic N) is 3. The molecule has 1 aromatic carbocycles. The highest BCUT2D eigenvalue weighted by Crippen LogP contribution is 2.36. The molecule has 1 fully saturated rings. The number of likely N-dealkylation sites (tertiary alicyclic amines) is 1. The summed E-state index contributed by atoms with van der Waals surface area (Å²) in [5, 5.41) is 7.39. The molecule has 3 heterocycles. The number of carbonyl (C=O) groups excluding carboxylic acids is 1. The van der Waals surface area contributed by atoms with E-state index in [1.807, 2.05) is 30.3 Å². The number of hydrogen-bond donors (Lipinski definition) is 1. The predicted octanol–water partition coefficient (Wildman–Crippen LogP) is 4.22. The van der Waals surface area contributed by atoms with Crippen molar-refractivity contribution >= 4 is 5.91 Å². The van der Waals surface area contributed by atoms with Crippen molar-refractivity contribution in [2.45, 2.75) is 38.6 Å². The number of nitrogens with one attached hydrogen (secondary N) is 1. The summed E-state index contributed by atoms with van der Waals surface area (Å²) in [4.78, 5) is 19.1. The van der Waals surface area contributed by atoms with Gasteiger partial charge >= 0.3 is 0 Å². The second kappa shape index (κ2) is 7.92. The number of benzene rings is 1. The van der Waals surface area contributed by atoms with Crippen LogP contribution in [-0.2, 0) is 11.2 Å². The maximum absolute atomic E-state index is 14.0. The smallest absolute Gasteiger partial charge is 0.227 e. The maximum atomic E-state index is 14.0. The second-order valence-electron chi connectivity index (χ2n) is 7.25. The van der Waals surface area contributed by atoms with Gasteiger partial charge in [0.05, 0.1) is 24.4 Å². The molecule has 0 saturated carbocycles. The number of aryl methyl sites for hydroxylation is 1. The summed E-state index contributed by atoms with van der Waals surface area (Å²) < 4.78 is 14.0. The fraction of sp³-hybridized carbons (Fsp3) is 0.318. The zero-order valence-electron chi connectivity index (χ0n) is 15.9. The minimum atomic E-state index is -0.334. The number of hydrogen-bond acceptors (Lipinski definition) is 3. The van der Waals surface area contributed by atoms with Crippen molar-refractivity contribution in [3.63, 3.8) is 0 Å². The zero-order chi connectivity index (χ0) is 19.5. The molecule has 1 N–H and O–H groups in total. The Bertz CT molecular complexity index is 984. The van der Waals surface area contributed by atoms with Gasteiger partial charge < -0.3 is 4.90 Å². The third kappa shape index (κ3) is 3.54. The summed E-state index contributed by atoms with van der Waals surface area (Å²) in [6.45, 7) is 2.69. The normalized spacial score (nSPS) is 16.9. The Kier molecular flexibility index (Phi) is 5.19. The van der Waals surface area contributed by atoms with Crippen molar-refractivity contribution in [2.24, 2.45) is 0 Å². The maximum Gasteiger partial charge on any atom is 0.227 e. The first-order valence-electron chi connectivity index (χ1n) is 9.62. The van der Waals surface area contributed by atoms with Crippen LogP contribution in [0.4, 0.5) is 4.39 Å². The molecule has 4 rings (SSSR count). The van der Waals surface area contributed by atoms with Gasteiger partial charge in [-0.25, -0.2) is 4.39 Å². The molecule has 1 amide bonds. The number of amides is 1. The van der Waals surface area contributed by atoms with E-state index in [4.69, 9.17) is 0 Å². The van der Waals surface area contributed by atoms with Crippen molar-refractivity contribution in [1.82, 2.24) is 20.1 Å². The van der Waals surface area contributed by atoms with Crippen LogP contribution in [0.1, 0.15) is 42.1 Å². The lowest BCUT2D eigenvalue weighted by atomic mass is 9.93. The molecular formula is C22H23FN4O. The molecule has 5 nitrogen and oxygen atoms in total. The van der Waals surface area contributed by atoms with E-state index in [0.29, 0.717) is 12.1 Å². The molecule has 144 valence electrons. The highest BCUT2D eigenvalue weighted by atomic mass is 19.1. The number of H-pyrrole nitrogens is 1. The SMILES string of the molecule is Cc1cnccc1-c1cn[nH]c1[C@H]1CCCCN1C(=O)Cc1ccccc1F. The second-order valence-corrected chi connectivity index (χ2v) is 7.25. The number of pyridine rings is 1. The van der Waals surface area contributed by atoms with Crippen LogP contribution in [-0.4, -0.2) is 32.5 Å². The van der Waals surface area contributed by atoms with Crippen molar-refractivity contribution in [3.8, 4) is 11.1 Å². The van der Waals surface area contributed by atoms with E-state index in [2.05, 4.69) is 15.2 Å². The lowest BCUT2D eigenvalue weighted by molar-refractivity contribution is -0.134. The Morgan fingerprint density at radius 3 is 2.89 bits per heavy atom. The fourth-order valence-corrected chi connectivity index (χ4v) is 3.98. The van der Waals surface area contributed by atoms with Gasteiger partial charge in [0, 0.05) is 24.5 Å². The molecule has 1 aliphatic heterocycles. The molecule has 1 atom stereocenters. The van der Waals surface area contributed by atoms with Gasteiger partial charge in [0.1, 0.15) is 5.82 Å². The third-order valence-electron chi connectivity index (χ3n) is 5.44. The van der Waals surface area contributed by atoms with Crippen molar-refractivity contribution in [3.05, 3.63) is 71.6 Å². The fourth-order valence-electron chi connectivity index (χ4n) is 3.98. The third-order valence-corrected chi connectivity index (χ3v) is 5.44. The highest BCUT2D eigenvalue weighted by molar-refractivity contribution is 5.80. The van der Waals surface area contributed by atoms with E-state index >= 15 is 0 Å². The number of aromatic amines is 1. The van der Waals surface area contributed by atoms with Gasteiger partial charge in [-0.15, -0.1) is 0 Å². The molecule has 2 aromatic heterocycles. The quantitative estimate of drug-likeness (QED) is 0.740. The van der Waals surface area contributed by atoms with Crippen molar-refractivity contribution < 1.29 is 9.18 Å². The molecule has 1 saturated heterocycles. The summed E-state index contributed by atoms with van der Waals surface area (Å²) in [6, 6.07) is 8.36. The molecular weight excluding hydrogens is 355 g/mol. The van der Waals surface area contributed by atoms with Crippen LogP contribution in [0.2, 0.25) is 0 Å². The summed E-state index contributed by atoms with van der Waals surface area (Å²) >= 11 is 0. The summed E-state index contributed by atoms with van der Waals surface area (Å²) in [6.07, 6.45) is 8.34. The molecule has 1 aliphatic rings. The molecule has 0 aliphatic carbocycles. The summed E-state index contributed by atoms with van der Waals surface area (Å²) in [7, 11) is 0. The van der Waals surface area contributed by atoms with Crippen LogP contribution in [0.5, 0.6) is 0 Å². The first kappa shape index (κ1) is 18.3. The van der Waals surface area contributed by atoms with E-state index in [-0.39, 0.29) is 24.2 Å². The van der Waals surface area contributed by atoms with Gasteiger partial charge in [-0.2, -0.15) is 5.10 Å². The Hall–Kier alpha value is -3.02. The Morgan fingerprint density at radius 1 is 1.21 bits per heavy atom. The Balaban J connectivity index is 1.64. The number of halogens is 1. The minimum Gasteiger partial charge on any atom is -0.334 e. The lowest BCUT2D eigenvalue weighted by Gasteiger charge is -2.36. The molecule has 0 spiro atoms. The first-order valence-corrected chi connectivity index (χ1v) is 9.62. The van der Waals surface area contributed by atoms with Gasteiger partial charge in [-0.05, 0) is 55.0 Å². The average Bonchev–Trinajstić information content (AvgIpc) is 3.19. The van der Waals surface area contributed by atoms with Gasteiger partial charge in [-0.3, -0.25) is 14.9 Å². The van der Waals surface area contributed by atoms with Crippen LogP contribution >= 0.6 is 0 Å². The van der Waals surface area contributed by atoms with Crippen LogP contribution in [0.3, 0.4) is 0 Å². The Morgan fingerprint density at radius 2 is 2.07 bits per heavy atom. The van der Waals surface area contributed by atoms with Crippen molar-refractivity contribution in [2.75, 3.05) is 6.54 Å². The first-order chi connectivity index (χ1) is 13.6. The molecule has 0 radical (unpaired) electrons. The lowest BCUT2D eigenvalue weighted by Crippen LogP contribution is -2.39. The van der Waals surface area contributed by atoms with Gasteiger partial charge in [-0.1, -0.05) is 18.2 Å². The van der Waals surface area contributed by atoms with Crippen LogP contribution in [0.15, 0.2) is 48.9 Å². The van der Waals surface area contributed by atoms with Gasteiger partial charge in [0.15, 0.2) is 0 Å². The topological polar surface area (TPSA) is 61.9 Å². The van der Waals surface area contributed by atoms with Gasteiger partial charge in [0.25, 0.3) is 0 Å². The molecule has 28 heavy (non-hydrogen) atoms. The predicted molar refractivity (Wildman–Crippen MR) is 105 cm³/mol. The highest BCUT2D eigenvalue weighted by Gasteiger charge is 2.31. The Labute approximate surface area is 163 Å².